The Bertz CT molecular complexity index is 813. The molecule has 0 N–H and O–H groups in total. The fourth-order valence-electron chi connectivity index (χ4n) is 2.35. The summed E-state index contributed by atoms with van der Waals surface area (Å²) in [6.07, 6.45) is -4.20. The van der Waals surface area contributed by atoms with Crippen molar-refractivity contribution in [2.24, 2.45) is 5.16 Å². The standard InChI is InChI=1S/C16H20F3N3O5S/c1-21(2)15(23)11-26-20-12-7-9-22(10-8-12)28(24,25)14-5-3-13(4-6-14)27-16(17,18)19/h3-6H,7-11H2,1-2H3. The van der Waals surface area contributed by atoms with Gasteiger partial charge in [0.15, 0.2) is 6.61 Å². The molecule has 1 aromatic carbocycles. The minimum absolute atomic E-state index is 0.129. The number of carbonyl (C=O) groups excluding carboxylic acids is 1. The summed E-state index contributed by atoms with van der Waals surface area (Å²) >= 11 is 0. The van der Waals surface area contributed by atoms with E-state index in [0.29, 0.717) is 18.6 Å². The van der Waals surface area contributed by atoms with Crippen molar-refractivity contribution in [1.29, 1.82) is 0 Å². The lowest BCUT2D eigenvalue weighted by atomic mass is 10.1. The van der Waals surface area contributed by atoms with Gasteiger partial charge in [0, 0.05) is 40.0 Å². The van der Waals surface area contributed by atoms with Crippen molar-refractivity contribution in [2.75, 3.05) is 33.8 Å². The van der Waals surface area contributed by atoms with Gasteiger partial charge in [-0.25, -0.2) is 8.42 Å². The molecule has 8 nitrogen and oxygen atoms in total. The number of carbonyl (C=O) groups is 1. The van der Waals surface area contributed by atoms with Gasteiger partial charge < -0.3 is 14.5 Å². The van der Waals surface area contributed by atoms with Crippen LogP contribution >= 0.6 is 0 Å². The van der Waals surface area contributed by atoms with Gasteiger partial charge in [0.25, 0.3) is 5.91 Å². The first-order chi connectivity index (χ1) is 13.0. The van der Waals surface area contributed by atoms with Crippen molar-refractivity contribution in [1.82, 2.24) is 9.21 Å². The molecular weight excluding hydrogens is 403 g/mol. The molecule has 1 saturated heterocycles. The maximum absolute atomic E-state index is 12.6. The third-order valence-corrected chi connectivity index (χ3v) is 5.79. The van der Waals surface area contributed by atoms with Gasteiger partial charge >= 0.3 is 6.36 Å². The third-order valence-electron chi connectivity index (χ3n) is 3.88. The Hall–Kier alpha value is -2.34. The molecular formula is C16H20F3N3O5S. The topological polar surface area (TPSA) is 88.5 Å². The van der Waals surface area contributed by atoms with Gasteiger partial charge in [-0.1, -0.05) is 5.16 Å². The van der Waals surface area contributed by atoms with E-state index >= 15 is 0 Å². The predicted molar refractivity (Wildman–Crippen MR) is 93.2 cm³/mol. The number of sulfonamides is 1. The van der Waals surface area contributed by atoms with Crippen LogP contribution < -0.4 is 4.74 Å². The lowest BCUT2D eigenvalue weighted by molar-refractivity contribution is -0.274. The predicted octanol–water partition coefficient (Wildman–Crippen LogP) is 1.83. The fourth-order valence-corrected chi connectivity index (χ4v) is 3.79. The largest absolute Gasteiger partial charge is 0.573 e. The number of hydrogen-bond donors (Lipinski definition) is 0. The number of halogens is 3. The van der Waals surface area contributed by atoms with Crippen molar-refractivity contribution in [3.63, 3.8) is 0 Å². The van der Waals surface area contributed by atoms with Crippen LogP contribution in [0.1, 0.15) is 12.8 Å². The highest BCUT2D eigenvalue weighted by Crippen LogP contribution is 2.26. The summed E-state index contributed by atoms with van der Waals surface area (Å²) in [6.45, 7) is 0.0881. The van der Waals surface area contributed by atoms with Crippen molar-refractivity contribution in [2.45, 2.75) is 24.1 Å². The van der Waals surface area contributed by atoms with E-state index in [1.807, 2.05) is 0 Å². The lowest BCUT2D eigenvalue weighted by Crippen LogP contribution is -2.38. The second-order valence-electron chi connectivity index (χ2n) is 6.14. The molecule has 1 aliphatic rings. The number of alkyl halides is 3. The molecule has 28 heavy (non-hydrogen) atoms. The monoisotopic (exact) mass is 423 g/mol. The molecule has 1 fully saturated rings. The average molecular weight is 423 g/mol. The van der Waals surface area contributed by atoms with Crippen LogP contribution in [0.3, 0.4) is 0 Å². The molecule has 0 atom stereocenters. The number of benzene rings is 1. The van der Waals surface area contributed by atoms with Crippen LogP contribution in [0, 0.1) is 0 Å². The first kappa shape index (κ1) is 22.0. The average Bonchev–Trinajstić information content (AvgIpc) is 2.61. The fraction of sp³-hybridized carbons (Fsp3) is 0.500. The Kier molecular flexibility index (Phi) is 6.88. The van der Waals surface area contributed by atoms with Crippen LogP contribution in [0.25, 0.3) is 0 Å². The molecule has 1 amide bonds. The maximum atomic E-state index is 12.6. The summed E-state index contributed by atoms with van der Waals surface area (Å²) < 4.78 is 66.7. The molecule has 1 aliphatic heterocycles. The van der Waals surface area contributed by atoms with Crippen LogP contribution in [-0.2, 0) is 19.7 Å². The quantitative estimate of drug-likeness (QED) is 0.652. The van der Waals surface area contributed by atoms with Gasteiger partial charge in [0.1, 0.15) is 5.75 Å². The zero-order chi connectivity index (χ0) is 20.9. The highest BCUT2D eigenvalue weighted by atomic mass is 32.2. The van der Waals surface area contributed by atoms with Crippen LogP contribution in [-0.4, -0.2) is 69.4 Å². The van der Waals surface area contributed by atoms with Crippen LogP contribution in [0.5, 0.6) is 5.75 Å². The normalized spacial score (nSPS) is 15.8. The molecule has 0 spiro atoms. The molecule has 0 aliphatic carbocycles. The van der Waals surface area contributed by atoms with E-state index in [1.54, 1.807) is 14.1 Å². The van der Waals surface area contributed by atoms with Gasteiger partial charge in [0.05, 0.1) is 10.6 Å². The van der Waals surface area contributed by atoms with E-state index in [9.17, 15) is 26.4 Å². The number of ether oxygens (including phenoxy) is 1. The van der Waals surface area contributed by atoms with Gasteiger partial charge in [0.2, 0.25) is 10.0 Å². The van der Waals surface area contributed by atoms with E-state index in [0.717, 1.165) is 24.3 Å². The number of piperidine rings is 1. The summed E-state index contributed by atoms with van der Waals surface area (Å²) in [5.41, 5.74) is 0.631. The van der Waals surface area contributed by atoms with Crippen molar-refractivity contribution in [3.8, 4) is 5.75 Å². The molecule has 0 aromatic heterocycles. The molecule has 0 radical (unpaired) electrons. The molecule has 12 heteroatoms. The van der Waals surface area contributed by atoms with Crippen molar-refractivity contribution < 1.29 is 36.0 Å². The van der Waals surface area contributed by atoms with E-state index in [1.165, 1.54) is 9.21 Å². The zero-order valence-electron chi connectivity index (χ0n) is 15.3. The molecule has 1 heterocycles. The number of likely N-dealkylation sites (N-methyl/N-ethyl adjacent to an activating group) is 1. The molecule has 156 valence electrons. The highest BCUT2D eigenvalue weighted by Gasteiger charge is 2.32. The number of nitrogens with zero attached hydrogens (tertiary/aromatic N) is 3. The van der Waals surface area contributed by atoms with Crippen LogP contribution in [0.4, 0.5) is 13.2 Å². The molecule has 0 bridgehead atoms. The Balaban J connectivity index is 1.94. The van der Waals surface area contributed by atoms with E-state index in [2.05, 4.69) is 9.89 Å². The smallest absolute Gasteiger partial charge is 0.406 e. The third kappa shape index (κ3) is 6.09. The van der Waals surface area contributed by atoms with Crippen molar-refractivity contribution in [3.05, 3.63) is 24.3 Å². The van der Waals surface area contributed by atoms with E-state index in [4.69, 9.17) is 4.84 Å². The highest BCUT2D eigenvalue weighted by molar-refractivity contribution is 7.89. The summed E-state index contributed by atoms with van der Waals surface area (Å²) in [7, 11) is -0.677. The first-order valence-electron chi connectivity index (χ1n) is 8.23. The van der Waals surface area contributed by atoms with E-state index < -0.39 is 22.1 Å². The van der Waals surface area contributed by atoms with Crippen LogP contribution in [0.15, 0.2) is 34.3 Å². The summed E-state index contributed by atoms with van der Waals surface area (Å²) in [6, 6.07) is 4.03. The zero-order valence-corrected chi connectivity index (χ0v) is 16.1. The number of amides is 1. The Morgan fingerprint density at radius 3 is 2.25 bits per heavy atom. The SMILES string of the molecule is CN(C)C(=O)CON=C1CCN(S(=O)(=O)c2ccc(OC(F)(F)F)cc2)CC1. The summed E-state index contributed by atoms with van der Waals surface area (Å²) in [4.78, 5) is 17.6. The minimum Gasteiger partial charge on any atom is -0.406 e. The lowest BCUT2D eigenvalue weighted by Gasteiger charge is -2.26. The summed E-state index contributed by atoms with van der Waals surface area (Å²) in [5.74, 6) is -0.744. The Morgan fingerprint density at radius 1 is 1.18 bits per heavy atom. The minimum atomic E-state index is -4.85. The van der Waals surface area contributed by atoms with Crippen LogP contribution in [0.2, 0.25) is 0 Å². The van der Waals surface area contributed by atoms with E-state index in [-0.39, 0.29) is 30.5 Å². The molecule has 0 saturated carbocycles. The Labute approximate surface area is 160 Å². The molecule has 2 rings (SSSR count). The van der Waals surface area contributed by atoms with Gasteiger partial charge in [-0.15, -0.1) is 13.2 Å². The maximum Gasteiger partial charge on any atom is 0.573 e. The number of oxime groups is 1. The second-order valence-corrected chi connectivity index (χ2v) is 8.08. The Morgan fingerprint density at radius 2 is 1.75 bits per heavy atom. The van der Waals surface area contributed by atoms with Gasteiger partial charge in [-0.3, -0.25) is 4.79 Å². The summed E-state index contributed by atoms with van der Waals surface area (Å²) in [5, 5.41) is 3.87. The van der Waals surface area contributed by atoms with Gasteiger partial charge in [-0.05, 0) is 24.3 Å². The molecule has 1 aromatic rings. The van der Waals surface area contributed by atoms with Crippen molar-refractivity contribution >= 4 is 21.6 Å². The van der Waals surface area contributed by atoms with Gasteiger partial charge in [-0.2, -0.15) is 4.31 Å². The first-order valence-corrected chi connectivity index (χ1v) is 9.67. The molecule has 0 unspecified atom stereocenters. The second kappa shape index (κ2) is 8.78. The number of hydrogen-bond acceptors (Lipinski definition) is 6. The number of rotatable bonds is 6.